The molecule has 0 saturated carbocycles. The van der Waals surface area contributed by atoms with E-state index in [-0.39, 0.29) is 18.4 Å². The molecule has 0 fully saturated rings. The van der Waals surface area contributed by atoms with Crippen LogP contribution in [0.15, 0.2) is 35.3 Å². The van der Waals surface area contributed by atoms with E-state index in [0.29, 0.717) is 0 Å². The highest BCUT2D eigenvalue weighted by atomic mass is 79.9. The second-order valence-corrected chi connectivity index (χ2v) is 3.68. The predicted octanol–water partition coefficient (Wildman–Crippen LogP) is 3.37. The van der Waals surface area contributed by atoms with Crippen LogP contribution in [0.5, 0.6) is 0 Å². The van der Waals surface area contributed by atoms with Gasteiger partial charge < -0.3 is 5.73 Å². The number of rotatable bonds is 2. The fourth-order valence-electron chi connectivity index (χ4n) is 1.10. The van der Waals surface area contributed by atoms with Crippen molar-refractivity contribution in [3.8, 4) is 0 Å². The zero-order valence-electron chi connectivity index (χ0n) is 7.46. The standard InChI is InChI=1S/C10H12BrN.ClH/c1-3-10(12)9-6-8(11)5-4-7(9)2;/h3-6,10H,1,12H2,2H3;1H/t10-;/m0./s1. The quantitative estimate of drug-likeness (QED) is 0.813. The normalized spacial score (nSPS) is 11.6. The molecule has 0 aliphatic carbocycles. The Morgan fingerprint density at radius 2 is 2.15 bits per heavy atom. The third-order valence-electron chi connectivity index (χ3n) is 1.85. The summed E-state index contributed by atoms with van der Waals surface area (Å²) in [4.78, 5) is 0. The molecule has 0 heterocycles. The predicted molar refractivity (Wildman–Crippen MR) is 63.3 cm³/mol. The van der Waals surface area contributed by atoms with E-state index in [4.69, 9.17) is 5.73 Å². The highest BCUT2D eigenvalue weighted by Gasteiger charge is 2.04. The van der Waals surface area contributed by atoms with Crippen LogP contribution in [0.4, 0.5) is 0 Å². The first-order valence-electron chi connectivity index (χ1n) is 3.79. The van der Waals surface area contributed by atoms with Gasteiger partial charge in [-0.15, -0.1) is 19.0 Å². The van der Waals surface area contributed by atoms with Crippen molar-refractivity contribution in [2.75, 3.05) is 0 Å². The Labute approximate surface area is 93.6 Å². The van der Waals surface area contributed by atoms with Gasteiger partial charge in [-0.2, -0.15) is 0 Å². The van der Waals surface area contributed by atoms with Crippen molar-refractivity contribution in [2.45, 2.75) is 13.0 Å². The summed E-state index contributed by atoms with van der Waals surface area (Å²) in [5.74, 6) is 0. The molecular weight excluding hydrogens is 249 g/mol. The van der Waals surface area contributed by atoms with E-state index in [9.17, 15) is 0 Å². The SMILES string of the molecule is C=C[C@H](N)c1cc(Br)ccc1C.Cl. The maximum absolute atomic E-state index is 5.83. The first kappa shape index (κ1) is 12.7. The molecule has 13 heavy (non-hydrogen) atoms. The molecule has 72 valence electrons. The molecule has 0 aliphatic rings. The summed E-state index contributed by atoms with van der Waals surface area (Å²) in [5.41, 5.74) is 8.15. The topological polar surface area (TPSA) is 26.0 Å². The average Bonchev–Trinajstić information content (AvgIpc) is 2.08. The van der Waals surface area contributed by atoms with E-state index in [1.54, 1.807) is 6.08 Å². The van der Waals surface area contributed by atoms with Crippen molar-refractivity contribution in [2.24, 2.45) is 5.73 Å². The summed E-state index contributed by atoms with van der Waals surface area (Å²) in [6.45, 7) is 5.71. The highest BCUT2D eigenvalue weighted by molar-refractivity contribution is 9.10. The smallest absolute Gasteiger partial charge is 0.0481 e. The lowest BCUT2D eigenvalue weighted by molar-refractivity contribution is 0.901. The number of nitrogens with two attached hydrogens (primary N) is 1. The van der Waals surface area contributed by atoms with Crippen LogP contribution in [0.1, 0.15) is 17.2 Å². The van der Waals surface area contributed by atoms with Crippen molar-refractivity contribution in [1.29, 1.82) is 0 Å². The lowest BCUT2D eigenvalue weighted by Crippen LogP contribution is -2.07. The third-order valence-corrected chi connectivity index (χ3v) is 2.35. The average molecular weight is 263 g/mol. The van der Waals surface area contributed by atoms with Crippen molar-refractivity contribution in [1.82, 2.24) is 0 Å². The molecule has 2 N–H and O–H groups in total. The van der Waals surface area contributed by atoms with E-state index < -0.39 is 0 Å². The Balaban J connectivity index is 0.00000144. The van der Waals surface area contributed by atoms with E-state index in [1.807, 2.05) is 25.1 Å². The number of aryl methyl sites for hydroxylation is 1. The van der Waals surface area contributed by atoms with Gasteiger partial charge in [0.2, 0.25) is 0 Å². The summed E-state index contributed by atoms with van der Waals surface area (Å²) < 4.78 is 1.06. The van der Waals surface area contributed by atoms with Crippen LogP contribution in [0.25, 0.3) is 0 Å². The fraction of sp³-hybridized carbons (Fsp3) is 0.200. The van der Waals surface area contributed by atoms with Crippen LogP contribution >= 0.6 is 28.3 Å². The van der Waals surface area contributed by atoms with E-state index in [0.717, 1.165) is 10.0 Å². The lowest BCUT2D eigenvalue weighted by atomic mass is 10.0. The van der Waals surface area contributed by atoms with Crippen LogP contribution in [0, 0.1) is 6.92 Å². The molecular formula is C10H13BrClN. The zero-order chi connectivity index (χ0) is 9.14. The molecule has 0 aromatic heterocycles. The Bertz CT molecular complexity index is 299. The molecule has 1 nitrogen and oxygen atoms in total. The van der Waals surface area contributed by atoms with Crippen LogP contribution in [-0.4, -0.2) is 0 Å². The number of halogens is 2. The minimum Gasteiger partial charge on any atom is -0.321 e. The Morgan fingerprint density at radius 3 is 2.69 bits per heavy atom. The summed E-state index contributed by atoms with van der Waals surface area (Å²) >= 11 is 3.40. The fourth-order valence-corrected chi connectivity index (χ4v) is 1.48. The molecule has 1 atom stereocenters. The van der Waals surface area contributed by atoms with Gasteiger partial charge in [0.05, 0.1) is 0 Å². The molecule has 0 amide bonds. The van der Waals surface area contributed by atoms with Crippen LogP contribution < -0.4 is 5.73 Å². The zero-order valence-corrected chi connectivity index (χ0v) is 9.86. The number of hydrogen-bond donors (Lipinski definition) is 1. The van der Waals surface area contributed by atoms with E-state index in [1.165, 1.54) is 5.56 Å². The van der Waals surface area contributed by atoms with Crippen molar-refractivity contribution >= 4 is 28.3 Å². The van der Waals surface area contributed by atoms with Crippen molar-refractivity contribution in [3.63, 3.8) is 0 Å². The second-order valence-electron chi connectivity index (χ2n) is 2.76. The van der Waals surface area contributed by atoms with Gasteiger partial charge >= 0.3 is 0 Å². The van der Waals surface area contributed by atoms with Crippen molar-refractivity contribution in [3.05, 3.63) is 46.5 Å². The van der Waals surface area contributed by atoms with Crippen LogP contribution in [0.3, 0.4) is 0 Å². The molecule has 0 radical (unpaired) electrons. The summed E-state index contributed by atoms with van der Waals surface area (Å²) in [6, 6.07) is 6.02. The minimum atomic E-state index is -0.0671. The molecule has 0 unspecified atom stereocenters. The van der Waals surface area contributed by atoms with Gasteiger partial charge in [0.1, 0.15) is 0 Å². The molecule has 0 spiro atoms. The van der Waals surface area contributed by atoms with Gasteiger partial charge in [0, 0.05) is 10.5 Å². The third kappa shape index (κ3) is 3.14. The Morgan fingerprint density at radius 1 is 1.54 bits per heavy atom. The van der Waals surface area contributed by atoms with Gasteiger partial charge in [0.25, 0.3) is 0 Å². The molecule has 0 aliphatic heterocycles. The van der Waals surface area contributed by atoms with Gasteiger partial charge in [-0.3, -0.25) is 0 Å². The van der Waals surface area contributed by atoms with Crippen molar-refractivity contribution < 1.29 is 0 Å². The summed E-state index contributed by atoms with van der Waals surface area (Å²) in [7, 11) is 0. The number of hydrogen-bond acceptors (Lipinski definition) is 1. The molecule has 1 aromatic rings. The van der Waals surface area contributed by atoms with Gasteiger partial charge in [-0.1, -0.05) is 28.1 Å². The van der Waals surface area contributed by atoms with Gasteiger partial charge in [-0.25, -0.2) is 0 Å². The summed E-state index contributed by atoms with van der Waals surface area (Å²) in [5, 5.41) is 0. The van der Waals surface area contributed by atoms with E-state index in [2.05, 4.69) is 22.5 Å². The van der Waals surface area contributed by atoms with Gasteiger partial charge in [-0.05, 0) is 30.2 Å². The van der Waals surface area contributed by atoms with Crippen LogP contribution in [-0.2, 0) is 0 Å². The highest BCUT2D eigenvalue weighted by Crippen LogP contribution is 2.21. The van der Waals surface area contributed by atoms with Gasteiger partial charge in [0.15, 0.2) is 0 Å². The van der Waals surface area contributed by atoms with E-state index >= 15 is 0 Å². The lowest BCUT2D eigenvalue weighted by Gasteiger charge is -2.10. The molecule has 0 saturated heterocycles. The maximum atomic E-state index is 5.83. The first-order chi connectivity index (χ1) is 5.65. The van der Waals surface area contributed by atoms with Crippen LogP contribution in [0.2, 0.25) is 0 Å². The Hall–Kier alpha value is -0.310. The first-order valence-corrected chi connectivity index (χ1v) is 4.58. The Kier molecular flexibility index (Phi) is 5.30. The second kappa shape index (κ2) is 5.43. The monoisotopic (exact) mass is 261 g/mol. The minimum absolute atomic E-state index is 0. The molecule has 3 heteroatoms. The maximum Gasteiger partial charge on any atom is 0.0481 e. The molecule has 0 bridgehead atoms. The molecule has 1 aromatic carbocycles. The summed E-state index contributed by atoms with van der Waals surface area (Å²) in [6.07, 6.45) is 1.74. The largest absolute Gasteiger partial charge is 0.321 e. The molecule has 1 rings (SSSR count). The number of benzene rings is 1.